The highest BCUT2D eigenvalue weighted by Crippen LogP contribution is 2.28. The Morgan fingerprint density at radius 1 is 1.40 bits per heavy atom. The summed E-state index contributed by atoms with van der Waals surface area (Å²) in [6.45, 7) is 1.58. The molecular formula is C12H10ClN3O3S. The van der Waals surface area contributed by atoms with Gasteiger partial charge >= 0.3 is 5.97 Å². The van der Waals surface area contributed by atoms with E-state index in [1.165, 1.54) is 18.0 Å². The van der Waals surface area contributed by atoms with Crippen LogP contribution < -0.4 is 4.90 Å². The summed E-state index contributed by atoms with van der Waals surface area (Å²) in [5, 5.41) is 9.64. The number of rotatable bonds is 3. The predicted octanol–water partition coefficient (Wildman–Crippen LogP) is 2.47. The van der Waals surface area contributed by atoms with Crippen molar-refractivity contribution in [3.8, 4) is 0 Å². The Morgan fingerprint density at radius 3 is 2.70 bits per heavy atom. The van der Waals surface area contributed by atoms with E-state index in [1.807, 2.05) is 0 Å². The zero-order chi connectivity index (χ0) is 14.9. The second kappa shape index (κ2) is 5.56. The van der Waals surface area contributed by atoms with Gasteiger partial charge in [-0.15, -0.1) is 0 Å². The van der Waals surface area contributed by atoms with Crippen molar-refractivity contribution in [2.24, 2.45) is 0 Å². The van der Waals surface area contributed by atoms with Crippen LogP contribution in [0.2, 0.25) is 5.15 Å². The molecule has 1 N–H and O–H groups in total. The first-order valence-electron chi connectivity index (χ1n) is 5.52. The highest BCUT2D eigenvalue weighted by atomic mass is 35.5. The van der Waals surface area contributed by atoms with Gasteiger partial charge in [-0.3, -0.25) is 9.69 Å². The van der Waals surface area contributed by atoms with Crippen LogP contribution >= 0.6 is 23.1 Å². The van der Waals surface area contributed by atoms with E-state index in [9.17, 15) is 14.7 Å². The van der Waals surface area contributed by atoms with E-state index in [-0.39, 0.29) is 21.4 Å². The lowest BCUT2D eigenvalue weighted by atomic mass is 10.2. The number of carbonyl (C=O) groups is 2. The summed E-state index contributed by atoms with van der Waals surface area (Å²) >= 11 is 6.69. The van der Waals surface area contributed by atoms with Crippen LogP contribution in [0.15, 0.2) is 18.2 Å². The Morgan fingerprint density at radius 2 is 2.10 bits per heavy atom. The molecule has 0 atom stereocenters. The molecule has 0 radical (unpaired) electrons. The van der Waals surface area contributed by atoms with Gasteiger partial charge in [0.2, 0.25) is 0 Å². The highest BCUT2D eigenvalue weighted by molar-refractivity contribution is 7.11. The topological polar surface area (TPSA) is 83.4 Å². The fourth-order valence-corrected chi connectivity index (χ4v) is 2.63. The Bertz CT molecular complexity index is 686. The van der Waals surface area contributed by atoms with Crippen molar-refractivity contribution in [1.82, 2.24) is 9.36 Å². The maximum absolute atomic E-state index is 12.3. The molecule has 0 saturated heterocycles. The molecule has 0 bridgehead atoms. The molecule has 2 aromatic heterocycles. The Labute approximate surface area is 123 Å². The number of hydrogen-bond donors (Lipinski definition) is 1. The lowest BCUT2D eigenvalue weighted by Gasteiger charge is -2.15. The molecule has 0 aliphatic rings. The average molecular weight is 312 g/mol. The lowest BCUT2D eigenvalue weighted by molar-refractivity contribution is 0.0697. The predicted molar refractivity (Wildman–Crippen MR) is 75.8 cm³/mol. The molecule has 2 aromatic rings. The maximum Gasteiger partial charge on any atom is 0.340 e. The van der Waals surface area contributed by atoms with Crippen LogP contribution in [0.25, 0.3) is 0 Å². The number of carbonyl (C=O) groups excluding carboxylic acids is 1. The van der Waals surface area contributed by atoms with E-state index >= 15 is 0 Å². The summed E-state index contributed by atoms with van der Waals surface area (Å²) in [4.78, 5) is 28.6. The molecule has 20 heavy (non-hydrogen) atoms. The summed E-state index contributed by atoms with van der Waals surface area (Å²) in [6, 6.07) is 4.67. The fourth-order valence-electron chi connectivity index (χ4n) is 1.62. The number of carboxylic acid groups (broad SMARTS) is 1. The lowest BCUT2D eigenvalue weighted by Crippen LogP contribution is -2.27. The number of nitrogens with zero attached hydrogens (tertiary/aromatic N) is 3. The van der Waals surface area contributed by atoms with Crippen LogP contribution in [0.1, 0.15) is 26.5 Å². The number of carboxylic acids is 1. The number of pyridine rings is 1. The third-order valence-corrected chi connectivity index (χ3v) is 3.83. The van der Waals surface area contributed by atoms with Crippen molar-refractivity contribution in [3.05, 3.63) is 40.3 Å². The zero-order valence-electron chi connectivity index (χ0n) is 10.6. The minimum absolute atomic E-state index is 0.0212. The third kappa shape index (κ3) is 2.63. The minimum Gasteiger partial charge on any atom is -0.478 e. The summed E-state index contributed by atoms with van der Waals surface area (Å²) < 4.78 is 3.97. The van der Waals surface area contributed by atoms with Crippen LogP contribution in [0.4, 0.5) is 5.00 Å². The van der Waals surface area contributed by atoms with Gasteiger partial charge in [-0.1, -0.05) is 17.7 Å². The molecule has 0 aromatic carbocycles. The number of amides is 1. The molecule has 0 spiro atoms. The first kappa shape index (κ1) is 14.4. The maximum atomic E-state index is 12.3. The largest absolute Gasteiger partial charge is 0.478 e. The molecule has 8 heteroatoms. The Hall–Kier alpha value is -1.99. The van der Waals surface area contributed by atoms with Crippen molar-refractivity contribution >= 4 is 40.0 Å². The first-order valence-corrected chi connectivity index (χ1v) is 6.67. The normalized spacial score (nSPS) is 10.3. The standard InChI is InChI=1S/C12H10ClN3O3S/c1-6-9(12(18)19)11(20-15-6)16(2)10(17)7-4-3-5-8(13)14-7/h3-5H,1-2H3,(H,18,19). The molecule has 1 amide bonds. The van der Waals surface area contributed by atoms with Crippen LogP contribution in [0.3, 0.4) is 0 Å². The molecule has 0 aliphatic heterocycles. The second-order valence-corrected chi connectivity index (χ2v) is 5.10. The van der Waals surface area contributed by atoms with E-state index in [1.54, 1.807) is 19.1 Å². The van der Waals surface area contributed by atoms with E-state index in [4.69, 9.17) is 11.6 Å². The van der Waals surface area contributed by atoms with Crippen LogP contribution in [-0.2, 0) is 0 Å². The smallest absolute Gasteiger partial charge is 0.340 e. The quantitative estimate of drug-likeness (QED) is 0.880. The van der Waals surface area contributed by atoms with Gasteiger partial charge in [0.1, 0.15) is 21.4 Å². The molecule has 104 valence electrons. The monoisotopic (exact) mass is 311 g/mol. The van der Waals surface area contributed by atoms with E-state index in [0.717, 1.165) is 11.5 Å². The number of aryl methyl sites for hydroxylation is 1. The van der Waals surface area contributed by atoms with Gasteiger partial charge in [-0.2, -0.15) is 4.37 Å². The van der Waals surface area contributed by atoms with Crippen molar-refractivity contribution in [1.29, 1.82) is 0 Å². The molecule has 2 heterocycles. The molecule has 0 aliphatic carbocycles. The number of anilines is 1. The molecule has 6 nitrogen and oxygen atoms in total. The molecule has 0 fully saturated rings. The summed E-state index contributed by atoms with van der Waals surface area (Å²) in [5.74, 6) is -1.57. The van der Waals surface area contributed by atoms with E-state index in [2.05, 4.69) is 9.36 Å². The average Bonchev–Trinajstić information content (AvgIpc) is 2.79. The first-order chi connectivity index (χ1) is 9.41. The van der Waals surface area contributed by atoms with Gasteiger partial charge in [0.05, 0.1) is 5.69 Å². The van der Waals surface area contributed by atoms with Gasteiger partial charge in [0.25, 0.3) is 5.91 Å². The van der Waals surface area contributed by atoms with Crippen molar-refractivity contribution in [2.75, 3.05) is 11.9 Å². The van der Waals surface area contributed by atoms with Gasteiger partial charge in [0.15, 0.2) is 0 Å². The summed E-state index contributed by atoms with van der Waals surface area (Å²) in [5.41, 5.74) is 0.534. The second-order valence-electron chi connectivity index (χ2n) is 3.96. The van der Waals surface area contributed by atoms with Crippen LogP contribution in [0, 0.1) is 6.92 Å². The highest BCUT2D eigenvalue weighted by Gasteiger charge is 2.25. The SMILES string of the molecule is Cc1nsc(N(C)C(=O)c2cccc(Cl)n2)c1C(=O)O. The molecule has 2 rings (SSSR count). The summed E-state index contributed by atoms with van der Waals surface area (Å²) in [6.07, 6.45) is 0. The van der Waals surface area contributed by atoms with Gasteiger partial charge in [-0.25, -0.2) is 9.78 Å². The summed E-state index contributed by atoms with van der Waals surface area (Å²) in [7, 11) is 1.48. The van der Waals surface area contributed by atoms with Crippen LogP contribution in [0.5, 0.6) is 0 Å². The van der Waals surface area contributed by atoms with E-state index < -0.39 is 11.9 Å². The van der Waals surface area contributed by atoms with Crippen molar-refractivity contribution < 1.29 is 14.7 Å². The fraction of sp³-hybridized carbons (Fsp3) is 0.167. The Balaban J connectivity index is 2.39. The van der Waals surface area contributed by atoms with E-state index in [0.29, 0.717) is 5.69 Å². The minimum atomic E-state index is -1.12. The van der Waals surface area contributed by atoms with Gasteiger partial charge in [0, 0.05) is 7.05 Å². The number of hydrogen-bond acceptors (Lipinski definition) is 5. The van der Waals surface area contributed by atoms with Gasteiger partial charge < -0.3 is 5.11 Å². The van der Waals surface area contributed by atoms with Crippen LogP contribution in [-0.4, -0.2) is 33.4 Å². The molecular weight excluding hydrogens is 302 g/mol. The van der Waals surface area contributed by atoms with Crippen molar-refractivity contribution in [3.63, 3.8) is 0 Å². The third-order valence-electron chi connectivity index (χ3n) is 2.60. The molecule has 0 unspecified atom stereocenters. The van der Waals surface area contributed by atoms with Gasteiger partial charge in [-0.05, 0) is 30.6 Å². The number of aromatic nitrogens is 2. The molecule has 0 saturated carbocycles. The Kier molecular flexibility index (Phi) is 4.01. The number of aromatic carboxylic acids is 1. The number of halogens is 1. The van der Waals surface area contributed by atoms with Crippen molar-refractivity contribution in [2.45, 2.75) is 6.92 Å². The zero-order valence-corrected chi connectivity index (χ0v) is 12.2.